The second-order valence-electron chi connectivity index (χ2n) is 1.84. The Balaban J connectivity index is -0.0000000675. The number of hydrogen-bond donors (Lipinski definition) is 1. The molecule has 0 aromatic heterocycles. The summed E-state index contributed by atoms with van der Waals surface area (Å²) >= 11 is 0. The van der Waals surface area contributed by atoms with Crippen LogP contribution in [0.4, 0.5) is 0 Å². The van der Waals surface area contributed by atoms with E-state index in [1.807, 2.05) is 0 Å². The molecule has 0 radical (unpaired) electrons. The molecule has 14 heavy (non-hydrogen) atoms. The Kier molecular flexibility index (Phi) is 31.4. The van der Waals surface area contributed by atoms with Crippen LogP contribution in [0.2, 0.25) is 0 Å². The van der Waals surface area contributed by atoms with Gasteiger partial charge in [-0.3, -0.25) is 0 Å². The minimum atomic E-state index is -1.44. The van der Waals surface area contributed by atoms with E-state index in [0.717, 1.165) is 0 Å². The average Bonchev–Trinajstić information content (AvgIpc) is 1.82. The maximum atomic E-state index is 9.86. The average molecular weight is 223 g/mol. The van der Waals surface area contributed by atoms with Gasteiger partial charge in [0.25, 0.3) is 0 Å². The smallest absolute Gasteiger partial charge is 0.550 e. The largest absolute Gasteiger partial charge is 2.00 e. The molecule has 0 amide bonds. The van der Waals surface area contributed by atoms with Crippen molar-refractivity contribution in [3.8, 4) is 0 Å². The third-order valence-electron chi connectivity index (χ3n) is 0.962. The number of hydrogen-bond acceptors (Lipinski definition) is 5. The van der Waals surface area contributed by atoms with E-state index < -0.39 is 18.0 Å². The Morgan fingerprint density at radius 2 is 1.50 bits per heavy atom. The molecule has 82 valence electrons. The molecule has 0 aliphatic heterocycles. The molecule has 0 aromatic carbocycles. The molecule has 0 spiro atoms. The van der Waals surface area contributed by atoms with Gasteiger partial charge in [-0.05, 0) is 12.8 Å². The Labute approximate surface area is 96.2 Å². The van der Waals surface area contributed by atoms with Crippen molar-refractivity contribution in [2.24, 2.45) is 5.73 Å². The zero-order valence-corrected chi connectivity index (χ0v) is 8.82. The molecule has 0 aliphatic carbocycles. The fourth-order valence-electron chi connectivity index (χ4n) is 0.391. The van der Waals surface area contributed by atoms with E-state index in [-0.39, 0.29) is 52.3 Å². The number of carbonyl (C=O) groups excluding carboxylic acids is 2. The molecule has 1 atom stereocenters. The number of rotatable bonds is 4. The summed E-state index contributed by atoms with van der Waals surface area (Å²) in [5.74, 6) is -2.75. The van der Waals surface area contributed by atoms with Crippen molar-refractivity contribution in [1.82, 2.24) is 0 Å². The molecule has 0 saturated heterocycles. The van der Waals surface area contributed by atoms with Crippen LogP contribution < -0.4 is 15.9 Å². The maximum absolute atomic E-state index is 9.86. The summed E-state index contributed by atoms with van der Waals surface area (Å²) in [6.45, 7) is 0. The van der Waals surface area contributed by atoms with Crippen LogP contribution in [0.3, 0.4) is 0 Å². The van der Waals surface area contributed by atoms with Gasteiger partial charge in [0, 0.05) is 12.0 Å². The summed E-state index contributed by atoms with van der Waals surface area (Å²) < 4.78 is 0. The van der Waals surface area contributed by atoms with E-state index in [2.05, 4.69) is 0 Å². The van der Waals surface area contributed by atoms with Gasteiger partial charge in [-0.15, -0.1) is 0 Å². The topological polar surface area (TPSA) is 201 Å². The molecule has 9 heteroatoms. The van der Waals surface area contributed by atoms with E-state index in [1.165, 1.54) is 0 Å². The van der Waals surface area contributed by atoms with E-state index in [9.17, 15) is 19.8 Å². The third-order valence-corrected chi connectivity index (χ3v) is 0.962. The first-order valence-corrected chi connectivity index (χ1v) is 2.70. The molecule has 0 rings (SSSR count). The van der Waals surface area contributed by atoms with Crippen LogP contribution in [0.25, 0.3) is 0 Å². The third kappa shape index (κ3) is 17.6. The van der Waals surface area contributed by atoms with Crippen molar-refractivity contribution in [2.45, 2.75) is 18.9 Å². The van der Waals surface area contributed by atoms with Crippen LogP contribution in [-0.2, 0) is 9.59 Å². The molecule has 8 nitrogen and oxygen atoms in total. The fourth-order valence-corrected chi connectivity index (χ4v) is 0.391. The summed E-state index contributed by atoms with van der Waals surface area (Å²) in [6.07, 6.45) is -0.500. The van der Waals surface area contributed by atoms with Gasteiger partial charge in [-0.25, -0.2) is 0 Å². The molecule has 0 aliphatic rings. The summed E-state index contributed by atoms with van der Waals surface area (Å²) in [5.41, 5.74) is 4.91. The Morgan fingerprint density at radius 1 is 1.14 bits per heavy atom. The van der Waals surface area contributed by atoms with Gasteiger partial charge in [0.2, 0.25) is 0 Å². The zero-order chi connectivity index (χ0) is 8.15. The summed E-state index contributed by atoms with van der Waals surface area (Å²) in [4.78, 5) is 19.6. The number of carboxylic acid groups (broad SMARTS) is 2. The first-order chi connectivity index (χ1) is 4.54. The minimum absolute atomic E-state index is 0. The first kappa shape index (κ1) is 29.2. The van der Waals surface area contributed by atoms with Crippen molar-refractivity contribution >= 4 is 35.0 Å². The van der Waals surface area contributed by atoms with Gasteiger partial charge in [-0.2, -0.15) is 0 Å². The molecule has 0 heterocycles. The van der Waals surface area contributed by atoms with Gasteiger partial charge in [0.15, 0.2) is 0 Å². The van der Waals surface area contributed by atoms with Crippen molar-refractivity contribution in [2.75, 3.05) is 0 Å². The van der Waals surface area contributed by atoms with Crippen LogP contribution in [0.15, 0.2) is 0 Å². The number of carbonyl (C=O) groups is 2. The van der Waals surface area contributed by atoms with Crippen LogP contribution >= 0.6 is 0 Å². The van der Waals surface area contributed by atoms with E-state index in [4.69, 9.17) is 5.73 Å². The van der Waals surface area contributed by atoms with Crippen molar-refractivity contribution in [3.05, 3.63) is 0 Å². The second kappa shape index (κ2) is 15.0. The standard InChI is InChI=1S/C5H9NO4.Mg.3H2O/c6-3(5(9)10)1-2-4(7)8;;;;/h3H,1-2,6H2,(H,7,8)(H,9,10);;3*1H2/q;+2;;;/p-2/t3-;;;;/m0..../s1. The van der Waals surface area contributed by atoms with E-state index in [0.29, 0.717) is 0 Å². The van der Waals surface area contributed by atoms with E-state index >= 15 is 0 Å². The number of carboxylic acids is 2. The minimum Gasteiger partial charge on any atom is -0.550 e. The summed E-state index contributed by atoms with van der Waals surface area (Å²) in [6, 6.07) is -1.21. The molecular weight excluding hydrogens is 210 g/mol. The molecule has 0 aromatic rings. The Hall–Kier alpha value is -0.454. The van der Waals surface area contributed by atoms with Crippen LogP contribution in [0, 0.1) is 0 Å². The van der Waals surface area contributed by atoms with Gasteiger partial charge < -0.3 is 42.0 Å². The molecular formula is C5H13MgNO7. The summed E-state index contributed by atoms with van der Waals surface area (Å²) in [5, 5.41) is 19.6. The second-order valence-corrected chi connectivity index (χ2v) is 1.84. The van der Waals surface area contributed by atoms with Gasteiger partial charge in [0.1, 0.15) is 0 Å². The first-order valence-electron chi connectivity index (χ1n) is 2.70. The maximum Gasteiger partial charge on any atom is 2.00 e. The molecule has 0 fully saturated rings. The summed E-state index contributed by atoms with van der Waals surface area (Å²) in [7, 11) is 0. The normalized spacial score (nSPS) is 8.93. The fraction of sp³-hybridized carbons (Fsp3) is 0.600. The molecule has 8 N–H and O–H groups in total. The zero-order valence-electron chi connectivity index (χ0n) is 7.41. The van der Waals surface area contributed by atoms with E-state index in [1.54, 1.807) is 0 Å². The van der Waals surface area contributed by atoms with Crippen molar-refractivity contribution in [1.29, 1.82) is 0 Å². The van der Waals surface area contributed by atoms with Crippen LogP contribution in [0.5, 0.6) is 0 Å². The van der Waals surface area contributed by atoms with Gasteiger partial charge in [-0.1, -0.05) is 0 Å². The predicted molar refractivity (Wildman–Crippen MR) is 43.8 cm³/mol. The Morgan fingerprint density at radius 3 is 1.71 bits per heavy atom. The van der Waals surface area contributed by atoms with Crippen LogP contribution in [-0.4, -0.2) is 57.5 Å². The van der Waals surface area contributed by atoms with Crippen molar-refractivity contribution in [3.63, 3.8) is 0 Å². The van der Waals surface area contributed by atoms with Crippen LogP contribution in [0.1, 0.15) is 12.8 Å². The molecule has 0 unspecified atom stereocenters. The number of aliphatic carboxylic acids is 2. The van der Waals surface area contributed by atoms with Gasteiger partial charge >= 0.3 is 23.1 Å². The predicted octanol–water partition coefficient (Wildman–Crippen LogP) is -6.26. The number of nitrogens with two attached hydrogens (primary N) is 1. The SMILES string of the molecule is N[C@@H](CCC(=O)[O-])C(=O)[O-].O.O.O.[Mg+2]. The monoisotopic (exact) mass is 223 g/mol. The Bertz CT molecular complexity index is 153. The quantitative estimate of drug-likeness (QED) is 0.461. The molecule has 0 saturated carbocycles. The van der Waals surface area contributed by atoms with Crippen molar-refractivity contribution < 1.29 is 36.2 Å². The van der Waals surface area contributed by atoms with Gasteiger partial charge in [0.05, 0.1) is 5.97 Å². The molecule has 0 bridgehead atoms.